The Morgan fingerprint density at radius 3 is 2.37 bits per heavy atom. The summed E-state index contributed by atoms with van der Waals surface area (Å²) in [5.74, 6) is -0.370. The average molecular weight is 269 g/mol. The zero-order chi connectivity index (χ0) is 14.1. The van der Waals surface area contributed by atoms with Gasteiger partial charge in [0.15, 0.2) is 0 Å². The van der Waals surface area contributed by atoms with Gasteiger partial charge in [-0.1, -0.05) is 40.3 Å². The van der Waals surface area contributed by atoms with E-state index < -0.39 is 11.0 Å². The molecule has 5 heteroatoms. The Balaban J connectivity index is 0. The Labute approximate surface area is 114 Å². The summed E-state index contributed by atoms with van der Waals surface area (Å²) in [5, 5.41) is 10.7. The van der Waals surface area contributed by atoms with Crippen molar-refractivity contribution >= 4 is 11.7 Å². The topological polar surface area (TPSA) is 69.4 Å². The van der Waals surface area contributed by atoms with Crippen molar-refractivity contribution in [3.8, 4) is 0 Å². The van der Waals surface area contributed by atoms with Crippen LogP contribution in [-0.4, -0.2) is 10.9 Å². The first-order valence-corrected chi connectivity index (χ1v) is 5.99. The second kappa shape index (κ2) is 10.1. The van der Waals surface area contributed by atoms with Crippen molar-refractivity contribution in [2.45, 2.75) is 47.6 Å². The molecule has 5 nitrogen and oxygen atoms in total. The first-order chi connectivity index (χ1) is 8.56. The molecule has 0 N–H and O–H groups in total. The third kappa shape index (κ3) is 5.99. The molecule has 1 rings (SSSR count). The minimum absolute atomic E-state index is 0. The molecule has 0 saturated heterocycles. The molecule has 1 aromatic carbocycles. The number of nitro benzene ring substituents is 1. The second-order valence-corrected chi connectivity index (χ2v) is 3.30. The van der Waals surface area contributed by atoms with Crippen molar-refractivity contribution in [3.05, 3.63) is 39.9 Å². The Kier molecular flexibility index (Phi) is 10.3. The van der Waals surface area contributed by atoms with E-state index in [9.17, 15) is 14.9 Å². The quantitative estimate of drug-likeness (QED) is 0.465. The van der Waals surface area contributed by atoms with Crippen LogP contribution in [0.5, 0.6) is 0 Å². The fourth-order valence-electron chi connectivity index (χ4n) is 1.34. The molecule has 0 aliphatic heterocycles. The molecule has 19 heavy (non-hydrogen) atoms. The van der Waals surface area contributed by atoms with Crippen molar-refractivity contribution in [2.75, 3.05) is 0 Å². The molecule has 1 unspecified atom stereocenters. The molecule has 0 amide bonds. The molecule has 0 radical (unpaired) electrons. The van der Waals surface area contributed by atoms with Crippen molar-refractivity contribution in [1.29, 1.82) is 0 Å². The Morgan fingerprint density at radius 2 is 1.89 bits per heavy atom. The molecule has 0 aromatic heterocycles. The van der Waals surface area contributed by atoms with Gasteiger partial charge in [-0.05, 0) is 13.0 Å². The van der Waals surface area contributed by atoms with Gasteiger partial charge in [0.05, 0.1) is 10.5 Å². The minimum atomic E-state index is -0.603. The first kappa shape index (κ1) is 19.4. The maximum atomic E-state index is 11.1. The van der Waals surface area contributed by atoms with Crippen molar-refractivity contribution in [1.82, 2.24) is 0 Å². The Bertz CT molecular complexity index is 404. The fourth-order valence-corrected chi connectivity index (χ4v) is 1.34. The molecule has 0 fully saturated rings. The summed E-state index contributed by atoms with van der Waals surface area (Å²) in [7, 11) is 0. The van der Waals surface area contributed by atoms with Crippen LogP contribution in [0.15, 0.2) is 24.3 Å². The predicted molar refractivity (Wildman–Crippen MR) is 76.0 cm³/mol. The van der Waals surface area contributed by atoms with E-state index in [1.165, 1.54) is 6.07 Å². The summed E-state index contributed by atoms with van der Waals surface area (Å²) in [6.07, 6.45) is -0.348. The van der Waals surface area contributed by atoms with Crippen LogP contribution >= 0.6 is 0 Å². The van der Waals surface area contributed by atoms with Crippen LogP contribution in [0.25, 0.3) is 0 Å². The lowest BCUT2D eigenvalue weighted by Gasteiger charge is -2.12. The van der Waals surface area contributed by atoms with Gasteiger partial charge in [-0.3, -0.25) is 14.9 Å². The first-order valence-electron chi connectivity index (χ1n) is 5.99. The van der Waals surface area contributed by atoms with Gasteiger partial charge < -0.3 is 4.74 Å². The highest BCUT2D eigenvalue weighted by atomic mass is 16.6. The third-order valence-electron chi connectivity index (χ3n) is 2.17. The number of ether oxygens (including phenoxy) is 1. The van der Waals surface area contributed by atoms with Gasteiger partial charge in [0.2, 0.25) is 0 Å². The van der Waals surface area contributed by atoms with Crippen LogP contribution in [0.2, 0.25) is 0 Å². The number of esters is 1. The molecule has 0 aliphatic carbocycles. The summed E-state index contributed by atoms with van der Waals surface area (Å²) in [5.41, 5.74) is 0.383. The number of hydrogen-bond acceptors (Lipinski definition) is 4. The minimum Gasteiger partial charge on any atom is -0.458 e. The molecule has 0 bridgehead atoms. The number of nitrogens with zero attached hydrogens (tertiary/aromatic N) is 1. The molecular weight excluding hydrogens is 246 g/mol. The Morgan fingerprint density at radius 1 is 1.37 bits per heavy atom. The third-order valence-corrected chi connectivity index (χ3v) is 2.17. The molecule has 0 aliphatic rings. The number of nitro groups is 1. The maximum Gasteiger partial charge on any atom is 0.306 e. The zero-order valence-electron chi connectivity index (χ0n) is 11.2. The van der Waals surface area contributed by atoms with E-state index in [4.69, 9.17) is 4.74 Å². The van der Waals surface area contributed by atoms with E-state index in [1.807, 2.05) is 13.8 Å². The average Bonchev–Trinajstić information content (AvgIpc) is 2.40. The normalized spacial score (nSPS) is 10.3. The summed E-state index contributed by atoms with van der Waals surface area (Å²) >= 11 is 0. The van der Waals surface area contributed by atoms with Gasteiger partial charge in [-0.15, -0.1) is 0 Å². The van der Waals surface area contributed by atoms with Gasteiger partial charge in [-0.25, -0.2) is 0 Å². The molecule has 0 spiro atoms. The largest absolute Gasteiger partial charge is 0.458 e. The molecule has 0 heterocycles. The van der Waals surface area contributed by atoms with Crippen molar-refractivity contribution in [2.24, 2.45) is 0 Å². The highest BCUT2D eigenvalue weighted by Crippen LogP contribution is 2.26. The van der Waals surface area contributed by atoms with Gasteiger partial charge >= 0.3 is 5.97 Å². The van der Waals surface area contributed by atoms with Crippen LogP contribution in [-0.2, 0) is 9.53 Å². The standard InChI is InChI=1S/C11H13NO4.C2H6.CH4/c1-3-11(13)16-8(2)9-6-4-5-7-10(9)12(14)15;1-2;/h4-8H,3H2,1-2H3;1-2H3;1H4. The van der Waals surface area contributed by atoms with Crippen LogP contribution in [0.3, 0.4) is 0 Å². The van der Waals surface area contributed by atoms with Crippen molar-refractivity contribution in [3.63, 3.8) is 0 Å². The fraction of sp³-hybridized carbons (Fsp3) is 0.500. The van der Waals surface area contributed by atoms with Gasteiger partial charge in [0.25, 0.3) is 5.69 Å². The highest BCUT2D eigenvalue weighted by Gasteiger charge is 2.20. The van der Waals surface area contributed by atoms with E-state index in [0.717, 1.165) is 0 Å². The highest BCUT2D eigenvalue weighted by molar-refractivity contribution is 5.69. The number of hydrogen-bond donors (Lipinski definition) is 0. The summed E-state index contributed by atoms with van der Waals surface area (Å²) in [6, 6.07) is 6.24. The second-order valence-electron chi connectivity index (χ2n) is 3.30. The summed E-state index contributed by atoms with van der Waals surface area (Å²) in [4.78, 5) is 21.4. The van der Waals surface area contributed by atoms with Crippen molar-refractivity contribution < 1.29 is 14.5 Å². The van der Waals surface area contributed by atoms with E-state index in [-0.39, 0.29) is 25.5 Å². The lowest BCUT2D eigenvalue weighted by Crippen LogP contribution is -2.09. The smallest absolute Gasteiger partial charge is 0.306 e. The molecule has 108 valence electrons. The molecular formula is C14H23NO4. The molecule has 1 aromatic rings. The van der Waals surface area contributed by atoms with E-state index in [0.29, 0.717) is 5.56 Å². The summed E-state index contributed by atoms with van der Waals surface area (Å²) in [6.45, 7) is 7.30. The van der Waals surface area contributed by atoms with Gasteiger partial charge in [0.1, 0.15) is 6.10 Å². The van der Waals surface area contributed by atoms with E-state index in [2.05, 4.69) is 0 Å². The zero-order valence-corrected chi connectivity index (χ0v) is 11.2. The van der Waals surface area contributed by atoms with Gasteiger partial charge in [-0.2, -0.15) is 0 Å². The predicted octanol–water partition coefficient (Wildman–Crippen LogP) is 4.27. The molecule has 0 saturated carbocycles. The lowest BCUT2D eigenvalue weighted by molar-refractivity contribution is -0.386. The van der Waals surface area contributed by atoms with Crippen LogP contribution in [0.1, 0.15) is 53.2 Å². The van der Waals surface area contributed by atoms with E-state index >= 15 is 0 Å². The van der Waals surface area contributed by atoms with E-state index in [1.54, 1.807) is 32.0 Å². The van der Waals surface area contributed by atoms with Crippen LogP contribution in [0.4, 0.5) is 5.69 Å². The number of carbonyl (C=O) groups is 1. The number of carbonyl (C=O) groups excluding carboxylic acids is 1. The molecule has 1 atom stereocenters. The Hall–Kier alpha value is -1.91. The lowest BCUT2D eigenvalue weighted by atomic mass is 10.1. The number of rotatable bonds is 4. The van der Waals surface area contributed by atoms with Crippen LogP contribution < -0.4 is 0 Å². The van der Waals surface area contributed by atoms with Crippen LogP contribution in [0, 0.1) is 10.1 Å². The van der Waals surface area contributed by atoms with Gasteiger partial charge in [0, 0.05) is 12.5 Å². The number of benzene rings is 1. The number of para-hydroxylation sites is 1. The maximum absolute atomic E-state index is 11.1. The monoisotopic (exact) mass is 269 g/mol. The summed E-state index contributed by atoms with van der Waals surface area (Å²) < 4.78 is 5.03. The SMILES string of the molecule is C.CC.CCC(=O)OC(C)c1ccccc1[N+](=O)[O-].